The minimum atomic E-state index is -0.792. The highest BCUT2D eigenvalue weighted by molar-refractivity contribution is 5.69. The molecule has 3 rings (SSSR count). The van der Waals surface area contributed by atoms with Crippen molar-refractivity contribution in [3.63, 3.8) is 0 Å². The van der Waals surface area contributed by atoms with Crippen LogP contribution >= 0.6 is 0 Å². The molecule has 0 aromatic rings. The van der Waals surface area contributed by atoms with Gasteiger partial charge in [0.25, 0.3) is 0 Å². The molecule has 1 spiro atoms. The zero-order valence-electron chi connectivity index (χ0n) is 21.7. The van der Waals surface area contributed by atoms with E-state index in [1.54, 1.807) is 0 Å². The Hall–Kier alpha value is -0.690. The fourth-order valence-corrected chi connectivity index (χ4v) is 5.49. The van der Waals surface area contributed by atoms with Crippen molar-refractivity contribution in [1.29, 1.82) is 0 Å². The van der Waals surface area contributed by atoms with Crippen molar-refractivity contribution in [3.05, 3.63) is 0 Å². The average molecular weight is 483 g/mol. The van der Waals surface area contributed by atoms with E-state index < -0.39 is 5.79 Å². The summed E-state index contributed by atoms with van der Waals surface area (Å²) in [6.45, 7) is 4.09. The van der Waals surface area contributed by atoms with Crippen molar-refractivity contribution in [2.24, 2.45) is 0 Å². The number of carbonyl (C=O) groups is 1. The van der Waals surface area contributed by atoms with Crippen molar-refractivity contribution < 1.29 is 28.5 Å². The van der Waals surface area contributed by atoms with Gasteiger partial charge in [0.15, 0.2) is 6.10 Å². The van der Waals surface area contributed by atoms with E-state index in [0.717, 1.165) is 12.8 Å². The molecule has 0 radical (unpaired) electrons. The van der Waals surface area contributed by atoms with Gasteiger partial charge in [0.2, 0.25) is 5.79 Å². The summed E-state index contributed by atoms with van der Waals surface area (Å²) in [6.07, 6.45) is 22.3. The molecule has 3 heterocycles. The van der Waals surface area contributed by atoms with Crippen LogP contribution in [0.4, 0.5) is 0 Å². The first-order chi connectivity index (χ1) is 16.7. The summed E-state index contributed by atoms with van der Waals surface area (Å²) in [6, 6.07) is 0. The van der Waals surface area contributed by atoms with Gasteiger partial charge in [0.05, 0.1) is 19.8 Å². The van der Waals surface area contributed by atoms with Crippen molar-refractivity contribution in [3.8, 4) is 0 Å². The molecule has 3 atom stereocenters. The molecule has 0 N–H and O–H groups in total. The van der Waals surface area contributed by atoms with E-state index in [0.29, 0.717) is 32.8 Å². The maximum Gasteiger partial charge on any atom is 0.306 e. The largest absolute Gasteiger partial charge is 0.457 e. The minimum Gasteiger partial charge on any atom is -0.457 e. The van der Waals surface area contributed by atoms with E-state index >= 15 is 0 Å². The van der Waals surface area contributed by atoms with Gasteiger partial charge in [-0.15, -0.1) is 0 Å². The summed E-state index contributed by atoms with van der Waals surface area (Å²) in [5, 5.41) is 0. The summed E-state index contributed by atoms with van der Waals surface area (Å²) in [7, 11) is 0. The maximum absolute atomic E-state index is 12.3. The fraction of sp³-hybridized carbons (Fsp3) is 0.964. The molecule has 3 aliphatic rings. The molecule has 0 aliphatic carbocycles. The number of unbranched alkanes of at least 4 members (excludes halogenated alkanes) is 16. The zero-order valence-corrected chi connectivity index (χ0v) is 21.7. The molecule has 0 amide bonds. The molecule has 0 unspecified atom stereocenters. The predicted octanol–water partition coefficient (Wildman–Crippen LogP) is 6.48. The number of hydrogen-bond acceptors (Lipinski definition) is 6. The van der Waals surface area contributed by atoms with Crippen LogP contribution in [0, 0.1) is 0 Å². The third-order valence-electron chi connectivity index (χ3n) is 7.56. The Morgan fingerprint density at radius 3 is 1.76 bits per heavy atom. The quantitative estimate of drug-likeness (QED) is 0.155. The smallest absolute Gasteiger partial charge is 0.306 e. The molecule has 6 nitrogen and oxygen atoms in total. The van der Waals surface area contributed by atoms with Crippen LogP contribution in [-0.2, 0) is 28.5 Å². The third kappa shape index (κ3) is 9.07. The molecule has 6 heteroatoms. The van der Waals surface area contributed by atoms with Gasteiger partial charge in [-0.1, -0.05) is 110 Å². The molecule has 0 bridgehead atoms. The summed E-state index contributed by atoms with van der Waals surface area (Å²) in [4.78, 5) is 12.3. The number of hydrogen-bond donors (Lipinski definition) is 0. The van der Waals surface area contributed by atoms with Crippen LogP contribution in [0.5, 0.6) is 0 Å². The topological polar surface area (TPSA) is 63.2 Å². The van der Waals surface area contributed by atoms with Gasteiger partial charge in [0, 0.05) is 6.42 Å². The van der Waals surface area contributed by atoms with E-state index in [9.17, 15) is 4.79 Å². The molecule has 34 heavy (non-hydrogen) atoms. The van der Waals surface area contributed by atoms with E-state index in [2.05, 4.69) is 6.92 Å². The molecule has 3 aliphatic heterocycles. The Bertz CT molecular complexity index is 547. The van der Waals surface area contributed by atoms with Gasteiger partial charge in [-0.05, 0) is 6.42 Å². The molecule has 0 aromatic heterocycles. The van der Waals surface area contributed by atoms with Gasteiger partial charge in [0.1, 0.15) is 18.8 Å². The molecular weight excluding hydrogens is 432 g/mol. The molecule has 0 aromatic carbocycles. The number of esters is 1. The van der Waals surface area contributed by atoms with Crippen LogP contribution in [-0.4, -0.2) is 56.5 Å². The molecule has 3 saturated heterocycles. The monoisotopic (exact) mass is 482 g/mol. The Morgan fingerprint density at radius 2 is 1.24 bits per heavy atom. The highest BCUT2D eigenvalue weighted by atomic mass is 16.8. The van der Waals surface area contributed by atoms with Crippen molar-refractivity contribution in [2.45, 2.75) is 147 Å². The van der Waals surface area contributed by atoms with E-state index in [4.69, 9.17) is 23.7 Å². The van der Waals surface area contributed by atoms with Gasteiger partial charge in [-0.25, -0.2) is 0 Å². The van der Waals surface area contributed by atoms with Gasteiger partial charge < -0.3 is 23.7 Å². The van der Waals surface area contributed by atoms with Crippen LogP contribution in [0.3, 0.4) is 0 Å². The fourth-order valence-electron chi connectivity index (χ4n) is 5.49. The first-order valence-corrected chi connectivity index (χ1v) is 14.5. The lowest BCUT2D eigenvalue weighted by Crippen LogP contribution is -2.45. The summed E-state index contributed by atoms with van der Waals surface area (Å²) < 4.78 is 28.7. The van der Waals surface area contributed by atoms with Crippen molar-refractivity contribution in [1.82, 2.24) is 0 Å². The first kappa shape index (κ1) is 27.9. The summed E-state index contributed by atoms with van der Waals surface area (Å²) in [5.74, 6) is -0.938. The standard InChI is InChI=1S/C28H50O6/c1-2-3-4-5-6-7-8-9-10-11-12-13-14-15-16-17-18-19-25(29)34-24-22-30-27-26(24)31-23-28(27)32-20-21-33-28/h24,26-27H,2-23H2,1H3/t24-,26-,27+/m1/s1. The lowest BCUT2D eigenvalue weighted by Gasteiger charge is -2.25. The maximum atomic E-state index is 12.3. The SMILES string of the molecule is CCCCCCCCCCCCCCCCCCCC(=O)O[C@@H]1CO[C@H]2[C@@H]1OCC21OCCO1. The Kier molecular flexibility index (Phi) is 13.2. The Balaban J connectivity index is 1.07. The second-order valence-corrected chi connectivity index (χ2v) is 10.5. The highest BCUT2D eigenvalue weighted by Gasteiger charge is 2.61. The Labute approximate surface area is 207 Å². The molecule has 0 saturated carbocycles. The van der Waals surface area contributed by atoms with Crippen LogP contribution in [0.1, 0.15) is 122 Å². The van der Waals surface area contributed by atoms with Crippen LogP contribution in [0.15, 0.2) is 0 Å². The van der Waals surface area contributed by atoms with Crippen molar-refractivity contribution >= 4 is 5.97 Å². The van der Waals surface area contributed by atoms with Crippen LogP contribution in [0.25, 0.3) is 0 Å². The number of ether oxygens (including phenoxy) is 5. The minimum absolute atomic E-state index is 0.145. The van der Waals surface area contributed by atoms with Crippen LogP contribution in [0.2, 0.25) is 0 Å². The summed E-state index contributed by atoms with van der Waals surface area (Å²) >= 11 is 0. The number of fused-ring (bicyclic) bond motifs is 2. The lowest BCUT2D eigenvalue weighted by molar-refractivity contribution is -0.207. The second-order valence-electron chi connectivity index (χ2n) is 10.5. The Morgan fingerprint density at radius 1 is 0.735 bits per heavy atom. The molecule has 3 fully saturated rings. The van der Waals surface area contributed by atoms with Crippen molar-refractivity contribution in [2.75, 3.05) is 26.4 Å². The zero-order chi connectivity index (χ0) is 23.9. The van der Waals surface area contributed by atoms with E-state index in [-0.39, 0.29) is 24.3 Å². The predicted molar refractivity (Wildman–Crippen MR) is 133 cm³/mol. The summed E-state index contributed by atoms with van der Waals surface area (Å²) in [5.41, 5.74) is 0. The van der Waals surface area contributed by atoms with Gasteiger partial charge in [-0.3, -0.25) is 4.79 Å². The average Bonchev–Trinajstić information content (AvgIpc) is 3.56. The first-order valence-electron chi connectivity index (χ1n) is 14.5. The number of carbonyl (C=O) groups excluding carboxylic acids is 1. The van der Waals surface area contributed by atoms with E-state index in [1.807, 2.05) is 0 Å². The highest BCUT2D eigenvalue weighted by Crippen LogP contribution is 2.40. The number of rotatable bonds is 19. The van der Waals surface area contributed by atoms with Crippen LogP contribution < -0.4 is 0 Å². The lowest BCUT2D eigenvalue weighted by atomic mass is 10.0. The third-order valence-corrected chi connectivity index (χ3v) is 7.56. The van der Waals surface area contributed by atoms with Gasteiger partial charge >= 0.3 is 5.97 Å². The normalized spacial score (nSPS) is 25.3. The molecule has 198 valence electrons. The van der Waals surface area contributed by atoms with Gasteiger partial charge in [-0.2, -0.15) is 0 Å². The second kappa shape index (κ2) is 16.1. The van der Waals surface area contributed by atoms with E-state index in [1.165, 1.54) is 96.3 Å². The molecular formula is C28H50O6.